The van der Waals surface area contributed by atoms with Gasteiger partial charge in [-0.2, -0.15) is 0 Å². The number of hydrogen-bond acceptors (Lipinski definition) is 3. The first-order valence-electron chi connectivity index (χ1n) is 4.57. The minimum Gasteiger partial charge on any atom is -0.496 e. The molecule has 0 spiro atoms. The molecule has 0 radical (unpaired) electrons. The maximum atomic E-state index is 11.4. The minimum absolute atomic E-state index is 0.503. The lowest BCUT2D eigenvalue weighted by Gasteiger charge is -2.14. The fourth-order valence-corrected chi connectivity index (χ4v) is 1.99. The Morgan fingerprint density at radius 1 is 1.38 bits per heavy atom. The van der Waals surface area contributed by atoms with Gasteiger partial charge in [0.15, 0.2) is 5.38 Å². The number of ether oxygens (including phenoxy) is 2. The molecule has 0 bridgehead atoms. The maximum Gasteiger partial charge on any atom is 0.328 e. The predicted molar refractivity (Wildman–Crippen MR) is 63.4 cm³/mol. The number of carbonyl (C=O) groups is 1. The van der Waals surface area contributed by atoms with E-state index in [2.05, 4.69) is 4.74 Å². The fourth-order valence-electron chi connectivity index (χ4n) is 1.45. The number of alkyl halides is 1. The summed E-state index contributed by atoms with van der Waals surface area (Å²) in [6.07, 6.45) is 0. The van der Waals surface area contributed by atoms with E-state index in [9.17, 15) is 4.79 Å². The van der Waals surface area contributed by atoms with Gasteiger partial charge in [-0.15, -0.1) is 11.6 Å². The number of carbonyl (C=O) groups excluding carboxylic acids is 1. The Morgan fingerprint density at radius 3 is 2.50 bits per heavy atom. The largest absolute Gasteiger partial charge is 0.496 e. The summed E-state index contributed by atoms with van der Waals surface area (Å²) in [6, 6.07) is 3.34. The summed E-state index contributed by atoms with van der Waals surface area (Å²) in [5, 5.41) is -0.416. The summed E-state index contributed by atoms with van der Waals surface area (Å²) >= 11 is 11.9. The predicted octanol–water partition coefficient (Wildman–Crippen LogP) is 3.11. The van der Waals surface area contributed by atoms with Gasteiger partial charge in [0.25, 0.3) is 0 Å². The van der Waals surface area contributed by atoms with E-state index < -0.39 is 11.3 Å². The normalized spacial score (nSPS) is 12.1. The minimum atomic E-state index is -0.919. The van der Waals surface area contributed by atoms with Crippen molar-refractivity contribution in [2.45, 2.75) is 12.3 Å². The number of halogens is 2. The number of methoxy groups -OCH3 is 2. The van der Waals surface area contributed by atoms with Gasteiger partial charge in [0.05, 0.1) is 14.2 Å². The van der Waals surface area contributed by atoms with Crippen molar-refractivity contribution in [1.82, 2.24) is 0 Å². The lowest BCUT2D eigenvalue weighted by molar-refractivity contribution is -0.140. The standard InChI is InChI=1S/C11H12Cl2O3/c1-6-4-7(12)5-8(10(6)15-2)9(13)11(14)16-3/h4-5,9H,1-3H3/t9-/m0/s1. The van der Waals surface area contributed by atoms with Gasteiger partial charge >= 0.3 is 5.97 Å². The molecule has 0 saturated heterocycles. The molecule has 0 aliphatic rings. The molecule has 1 rings (SSSR count). The van der Waals surface area contributed by atoms with Crippen LogP contribution in [0, 0.1) is 6.92 Å². The van der Waals surface area contributed by atoms with Crippen molar-refractivity contribution < 1.29 is 14.3 Å². The van der Waals surface area contributed by atoms with Crippen LogP contribution in [-0.4, -0.2) is 20.2 Å². The zero-order valence-electron chi connectivity index (χ0n) is 9.21. The third kappa shape index (κ3) is 2.60. The SMILES string of the molecule is COC(=O)[C@@H](Cl)c1cc(Cl)cc(C)c1OC. The third-order valence-corrected chi connectivity index (χ3v) is 2.78. The van der Waals surface area contributed by atoms with Crippen molar-refractivity contribution in [3.8, 4) is 5.75 Å². The second kappa shape index (κ2) is 5.41. The molecule has 0 aliphatic carbocycles. The maximum absolute atomic E-state index is 11.4. The van der Waals surface area contributed by atoms with Crippen molar-refractivity contribution in [3.63, 3.8) is 0 Å². The lowest BCUT2D eigenvalue weighted by atomic mass is 10.1. The molecule has 0 N–H and O–H groups in total. The summed E-state index contributed by atoms with van der Waals surface area (Å²) in [5.74, 6) is 0.0106. The van der Waals surface area contributed by atoms with Crippen LogP contribution in [0.2, 0.25) is 5.02 Å². The second-order valence-corrected chi connectivity index (χ2v) is 4.10. The van der Waals surface area contributed by atoms with Crippen molar-refractivity contribution >= 4 is 29.2 Å². The number of benzene rings is 1. The molecule has 0 fully saturated rings. The summed E-state index contributed by atoms with van der Waals surface area (Å²) in [5.41, 5.74) is 1.33. The van der Waals surface area contributed by atoms with Crippen molar-refractivity contribution in [2.75, 3.05) is 14.2 Å². The molecule has 0 aliphatic heterocycles. The molecular formula is C11H12Cl2O3. The molecule has 0 saturated carbocycles. The number of aryl methyl sites for hydroxylation is 1. The smallest absolute Gasteiger partial charge is 0.328 e. The molecule has 1 aromatic rings. The van der Waals surface area contributed by atoms with E-state index in [4.69, 9.17) is 27.9 Å². The molecular weight excluding hydrogens is 251 g/mol. The van der Waals surface area contributed by atoms with Crippen LogP contribution in [0.5, 0.6) is 5.75 Å². The Morgan fingerprint density at radius 2 is 2.00 bits per heavy atom. The second-order valence-electron chi connectivity index (χ2n) is 3.23. The average Bonchev–Trinajstić information content (AvgIpc) is 2.26. The topological polar surface area (TPSA) is 35.5 Å². The van der Waals surface area contributed by atoms with Gasteiger partial charge in [0, 0.05) is 10.6 Å². The highest BCUT2D eigenvalue weighted by molar-refractivity contribution is 6.32. The van der Waals surface area contributed by atoms with Crippen LogP contribution in [0.1, 0.15) is 16.5 Å². The number of hydrogen-bond donors (Lipinski definition) is 0. The van der Waals surface area contributed by atoms with Crippen molar-refractivity contribution in [3.05, 3.63) is 28.3 Å². The first-order valence-corrected chi connectivity index (χ1v) is 5.38. The number of rotatable bonds is 3. The van der Waals surface area contributed by atoms with Crippen LogP contribution in [0.15, 0.2) is 12.1 Å². The van der Waals surface area contributed by atoms with Crippen molar-refractivity contribution in [1.29, 1.82) is 0 Å². The van der Waals surface area contributed by atoms with Crippen LogP contribution in [-0.2, 0) is 9.53 Å². The van der Waals surface area contributed by atoms with E-state index in [-0.39, 0.29) is 0 Å². The first kappa shape index (κ1) is 13.1. The Balaban J connectivity index is 3.25. The summed E-state index contributed by atoms with van der Waals surface area (Å²) in [6.45, 7) is 1.83. The Labute approximate surface area is 104 Å². The average molecular weight is 263 g/mol. The van der Waals surface area contributed by atoms with Crippen LogP contribution in [0.25, 0.3) is 0 Å². The van der Waals surface area contributed by atoms with Gasteiger partial charge in [-0.25, -0.2) is 0 Å². The van der Waals surface area contributed by atoms with E-state index in [0.29, 0.717) is 16.3 Å². The highest BCUT2D eigenvalue weighted by atomic mass is 35.5. The van der Waals surface area contributed by atoms with Gasteiger partial charge in [-0.05, 0) is 24.6 Å². The molecule has 0 amide bonds. The summed E-state index contributed by atoms with van der Waals surface area (Å²) in [7, 11) is 2.79. The van der Waals surface area contributed by atoms with Crippen LogP contribution >= 0.6 is 23.2 Å². The number of esters is 1. The first-order chi connectivity index (χ1) is 7.51. The zero-order chi connectivity index (χ0) is 12.3. The molecule has 0 unspecified atom stereocenters. The van der Waals surface area contributed by atoms with E-state index in [0.717, 1.165) is 5.56 Å². The molecule has 5 heteroatoms. The summed E-state index contributed by atoms with van der Waals surface area (Å²) < 4.78 is 9.77. The van der Waals surface area contributed by atoms with Crippen LogP contribution < -0.4 is 4.74 Å². The molecule has 88 valence electrons. The monoisotopic (exact) mass is 262 g/mol. The highest BCUT2D eigenvalue weighted by Gasteiger charge is 2.23. The molecule has 1 atom stereocenters. The van der Waals surface area contributed by atoms with Gasteiger partial charge in [0.2, 0.25) is 0 Å². The van der Waals surface area contributed by atoms with Crippen LogP contribution in [0.3, 0.4) is 0 Å². The zero-order valence-corrected chi connectivity index (χ0v) is 10.7. The quantitative estimate of drug-likeness (QED) is 0.621. The Hall–Kier alpha value is -0.930. The summed E-state index contributed by atoms with van der Waals surface area (Å²) in [4.78, 5) is 11.4. The van der Waals surface area contributed by atoms with E-state index in [1.165, 1.54) is 14.2 Å². The fraction of sp³-hybridized carbons (Fsp3) is 0.364. The molecule has 16 heavy (non-hydrogen) atoms. The molecule has 3 nitrogen and oxygen atoms in total. The molecule has 1 aromatic carbocycles. The van der Waals surface area contributed by atoms with Crippen molar-refractivity contribution in [2.24, 2.45) is 0 Å². The van der Waals surface area contributed by atoms with Gasteiger partial charge in [0.1, 0.15) is 5.75 Å². The Bertz CT molecular complexity index is 404. The van der Waals surface area contributed by atoms with E-state index >= 15 is 0 Å². The molecule has 0 heterocycles. The van der Waals surface area contributed by atoms with Gasteiger partial charge in [-0.3, -0.25) is 4.79 Å². The lowest BCUT2D eigenvalue weighted by Crippen LogP contribution is -2.10. The van der Waals surface area contributed by atoms with E-state index in [1.807, 2.05) is 6.92 Å². The van der Waals surface area contributed by atoms with Gasteiger partial charge in [-0.1, -0.05) is 11.6 Å². The Kier molecular flexibility index (Phi) is 4.44. The van der Waals surface area contributed by atoms with Crippen LogP contribution in [0.4, 0.5) is 0 Å². The molecule has 0 aromatic heterocycles. The van der Waals surface area contributed by atoms with Gasteiger partial charge < -0.3 is 9.47 Å². The highest BCUT2D eigenvalue weighted by Crippen LogP contribution is 2.35. The third-order valence-electron chi connectivity index (χ3n) is 2.15. The van der Waals surface area contributed by atoms with E-state index in [1.54, 1.807) is 12.1 Å².